The van der Waals surface area contributed by atoms with Gasteiger partial charge in [-0.3, -0.25) is 9.59 Å². The van der Waals surface area contributed by atoms with E-state index in [1.807, 2.05) is 0 Å². The Labute approximate surface area is 98.6 Å². The molecule has 0 aromatic carbocycles. The van der Waals surface area contributed by atoms with Gasteiger partial charge >= 0.3 is 5.97 Å². The Morgan fingerprint density at radius 1 is 1.47 bits per heavy atom. The second-order valence-corrected chi connectivity index (χ2v) is 3.41. The Morgan fingerprint density at radius 2 is 2.18 bits per heavy atom. The van der Waals surface area contributed by atoms with Crippen LogP contribution >= 0.6 is 0 Å². The van der Waals surface area contributed by atoms with Crippen LogP contribution in [0.15, 0.2) is 12.1 Å². The van der Waals surface area contributed by atoms with Crippen LogP contribution in [0.5, 0.6) is 5.88 Å². The fourth-order valence-corrected chi connectivity index (χ4v) is 1.24. The third-order valence-corrected chi connectivity index (χ3v) is 2.06. The summed E-state index contributed by atoms with van der Waals surface area (Å²) < 4.78 is 4.99. The van der Waals surface area contributed by atoms with Crippen molar-refractivity contribution in [3.8, 4) is 5.88 Å². The molecule has 0 spiro atoms. The molecule has 2 N–H and O–H groups in total. The number of nitrogens with one attached hydrogen (secondary N) is 1. The third kappa shape index (κ3) is 3.75. The zero-order chi connectivity index (χ0) is 12.8. The van der Waals surface area contributed by atoms with Gasteiger partial charge < -0.3 is 15.2 Å². The van der Waals surface area contributed by atoms with E-state index < -0.39 is 11.9 Å². The molecule has 0 saturated carbocycles. The summed E-state index contributed by atoms with van der Waals surface area (Å²) in [5.74, 6) is -1.12. The molecule has 17 heavy (non-hydrogen) atoms. The molecule has 0 fully saturated rings. The molecule has 0 bridgehead atoms. The molecule has 1 rings (SSSR count). The maximum Gasteiger partial charge on any atom is 0.305 e. The van der Waals surface area contributed by atoms with E-state index in [4.69, 9.17) is 9.84 Å². The lowest BCUT2D eigenvalue weighted by atomic mass is 10.2. The van der Waals surface area contributed by atoms with Gasteiger partial charge in [-0.1, -0.05) is 0 Å². The van der Waals surface area contributed by atoms with Crippen LogP contribution < -0.4 is 10.1 Å². The lowest BCUT2D eigenvalue weighted by molar-refractivity contribution is -0.136. The maximum absolute atomic E-state index is 11.7. The summed E-state index contributed by atoms with van der Waals surface area (Å²) in [6, 6.07) is 3.28. The summed E-state index contributed by atoms with van der Waals surface area (Å²) in [5, 5.41) is 10.9. The zero-order valence-corrected chi connectivity index (χ0v) is 9.69. The van der Waals surface area contributed by atoms with Crippen LogP contribution in [-0.2, 0) is 4.79 Å². The lowest BCUT2D eigenvalue weighted by Crippen LogP contribution is -2.26. The molecule has 0 aliphatic carbocycles. The normalized spacial score (nSPS) is 9.76. The van der Waals surface area contributed by atoms with E-state index in [1.54, 1.807) is 19.1 Å². The minimum absolute atomic E-state index is 0.0746. The summed E-state index contributed by atoms with van der Waals surface area (Å²) in [5.41, 5.74) is 1.03. The van der Waals surface area contributed by atoms with E-state index in [2.05, 4.69) is 10.3 Å². The summed E-state index contributed by atoms with van der Waals surface area (Å²) in [6.45, 7) is 1.86. The molecular weight excluding hydrogens is 224 g/mol. The second kappa shape index (κ2) is 5.83. The molecule has 1 heterocycles. The number of aromatic nitrogens is 1. The largest absolute Gasteiger partial charge is 0.481 e. The van der Waals surface area contributed by atoms with Gasteiger partial charge in [-0.05, 0) is 19.1 Å². The molecule has 1 amide bonds. The van der Waals surface area contributed by atoms with Gasteiger partial charge in [0, 0.05) is 12.2 Å². The van der Waals surface area contributed by atoms with Crippen LogP contribution in [0.3, 0.4) is 0 Å². The number of carbonyl (C=O) groups is 2. The van der Waals surface area contributed by atoms with Gasteiger partial charge in [-0.15, -0.1) is 0 Å². The molecule has 0 atom stereocenters. The number of hydrogen-bond acceptors (Lipinski definition) is 4. The second-order valence-electron chi connectivity index (χ2n) is 3.41. The van der Waals surface area contributed by atoms with E-state index in [1.165, 1.54) is 7.11 Å². The number of aliphatic carboxylic acids is 1. The standard InChI is InChI=1S/C11H14N2O4/c1-7-3-4-8(11(13-7)17-2)10(16)12-6-5-9(14)15/h3-4H,5-6H2,1-2H3,(H,12,16)(H,14,15). The number of carbonyl (C=O) groups excluding carboxylic acids is 1. The van der Waals surface area contributed by atoms with E-state index in [9.17, 15) is 9.59 Å². The number of carboxylic acid groups (broad SMARTS) is 1. The van der Waals surface area contributed by atoms with Gasteiger partial charge in [0.15, 0.2) is 0 Å². The van der Waals surface area contributed by atoms with Gasteiger partial charge in [0.25, 0.3) is 5.91 Å². The van der Waals surface area contributed by atoms with Crippen molar-refractivity contribution in [2.24, 2.45) is 0 Å². The molecule has 0 unspecified atom stereocenters. The highest BCUT2D eigenvalue weighted by Crippen LogP contribution is 2.15. The van der Waals surface area contributed by atoms with E-state index >= 15 is 0 Å². The fraction of sp³-hybridized carbons (Fsp3) is 0.364. The number of pyridine rings is 1. The van der Waals surface area contributed by atoms with E-state index in [0.717, 1.165) is 5.69 Å². The Balaban J connectivity index is 2.71. The minimum atomic E-state index is -0.959. The molecule has 0 radical (unpaired) electrons. The Hall–Kier alpha value is -2.11. The first-order valence-corrected chi connectivity index (χ1v) is 5.06. The van der Waals surface area contributed by atoms with Gasteiger partial charge in [0.1, 0.15) is 5.56 Å². The van der Waals surface area contributed by atoms with Crippen molar-refractivity contribution >= 4 is 11.9 Å². The molecule has 1 aromatic rings. The summed E-state index contributed by atoms with van der Waals surface area (Å²) in [4.78, 5) is 26.0. The van der Waals surface area contributed by atoms with E-state index in [0.29, 0.717) is 5.56 Å². The molecule has 0 aliphatic rings. The van der Waals surface area contributed by atoms with Crippen LogP contribution in [0.4, 0.5) is 0 Å². The van der Waals surface area contributed by atoms with Crippen molar-refractivity contribution in [2.45, 2.75) is 13.3 Å². The number of ether oxygens (including phenoxy) is 1. The number of carboxylic acids is 1. The number of hydrogen-bond donors (Lipinski definition) is 2. The van der Waals surface area contributed by atoms with Crippen LogP contribution in [0.2, 0.25) is 0 Å². The smallest absolute Gasteiger partial charge is 0.305 e. The summed E-state index contributed by atoms with van der Waals surface area (Å²) >= 11 is 0. The molecule has 0 saturated heterocycles. The number of amides is 1. The average Bonchev–Trinajstić information content (AvgIpc) is 2.28. The first-order chi connectivity index (χ1) is 8.04. The predicted molar refractivity (Wildman–Crippen MR) is 60.1 cm³/mol. The van der Waals surface area contributed by atoms with Crippen molar-refractivity contribution in [3.63, 3.8) is 0 Å². The van der Waals surface area contributed by atoms with Crippen molar-refractivity contribution in [1.29, 1.82) is 0 Å². The van der Waals surface area contributed by atoms with Gasteiger partial charge in [-0.2, -0.15) is 0 Å². The van der Waals surface area contributed by atoms with Gasteiger partial charge in [0.05, 0.1) is 13.5 Å². The van der Waals surface area contributed by atoms with Crippen molar-refractivity contribution in [2.75, 3.05) is 13.7 Å². The van der Waals surface area contributed by atoms with Crippen LogP contribution in [-0.4, -0.2) is 35.6 Å². The molecular formula is C11H14N2O4. The quantitative estimate of drug-likeness (QED) is 0.784. The highest BCUT2D eigenvalue weighted by molar-refractivity contribution is 5.96. The van der Waals surface area contributed by atoms with Crippen LogP contribution in [0.1, 0.15) is 22.5 Å². The van der Waals surface area contributed by atoms with Gasteiger partial charge in [-0.25, -0.2) is 4.98 Å². The molecule has 1 aromatic heterocycles. The van der Waals surface area contributed by atoms with Crippen molar-refractivity contribution < 1.29 is 19.4 Å². The first kappa shape index (κ1) is 13.0. The fourth-order valence-electron chi connectivity index (χ4n) is 1.24. The lowest BCUT2D eigenvalue weighted by Gasteiger charge is -2.08. The Morgan fingerprint density at radius 3 is 2.76 bits per heavy atom. The number of methoxy groups -OCH3 is 1. The topological polar surface area (TPSA) is 88.5 Å². The predicted octanol–water partition coefficient (Wildman–Crippen LogP) is 0.603. The Bertz CT molecular complexity index is 431. The maximum atomic E-state index is 11.7. The monoisotopic (exact) mass is 238 g/mol. The van der Waals surface area contributed by atoms with E-state index in [-0.39, 0.29) is 18.8 Å². The number of aryl methyl sites for hydroxylation is 1. The highest BCUT2D eigenvalue weighted by Gasteiger charge is 2.13. The average molecular weight is 238 g/mol. The first-order valence-electron chi connectivity index (χ1n) is 5.06. The van der Waals surface area contributed by atoms with Crippen LogP contribution in [0.25, 0.3) is 0 Å². The molecule has 6 nitrogen and oxygen atoms in total. The van der Waals surface area contributed by atoms with Crippen molar-refractivity contribution in [1.82, 2.24) is 10.3 Å². The zero-order valence-electron chi connectivity index (χ0n) is 9.69. The summed E-state index contributed by atoms with van der Waals surface area (Å²) in [7, 11) is 1.43. The molecule has 6 heteroatoms. The van der Waals surface area contributed by atoms with Crippen molar-refractivity contribution in [3.05, 3.63) is 23.4 Å². The Kier molecular flexibility index (Phi) is 4.45. The highest BCUT2D eigenvalue weighted by atomic mass is 16.5. The van der Waals surface area contributed by atoms with Gasteiger partial charge in [0.2, 0.25) is 5.88 Å². The molecule has 92 valence electrons. The number of nitrogens with zero attached hydrogens (tertiary/aromatic N) is 1. The summed E-state index contributed by atoms with van der Waals surface area (Å²) in [6.07, 6.45) is -0.118. The minimum Gasteiger partial charge on any atom is -0.481 e. The third-order valence-electron chi connectivity index (χ3n) is 2.06. The SMILES string of the molecule is COc1nc(C)ccc1C(=O)NCCC(=O)O. The molecule has 0 aliphatic heterocycles. The van der Waals surface area contributed by atoms with Crippen LogP contribution in [0, 0.1) is 6.92 Å². The number of rotatable bonds is 5.